The van der Waals surface area contributed by atoms with Gasteiger partial charge >= 0.3 is 0 Å². The number of fused-ring (bicyclic) bond motifs is 1. The van der Waals surface area contributed by atoms with Gasteiger partial charge in [-0.15, -0.1) is 11.3 Å². The highest BCUT2D eigenvalue weighted by Gasteiger charge is 2.28. The molecule has 29 heavy (non-hydrogen) atoms. The van der Waals surface area contributed by atoms with Gasteiger partial charge in [-0.25, -0.2) is 4.39 Å². The molecular weight excluding hydrogens is 411 g/mol. The number of aliphatic hydroxyl groups excluding tert-OH is 2. The van der Waals surface area contributed by atoms with Crippen LogP contribution in [0, 0.1) is 5.82 Å². The van der Waals surface area contributed by atoms with Gasteiger partial charge in [-0.1, -0.05) is 12.1 Å². The number of nitrogens with one attached hydrogen (secondary N) is 1. The molecule has 0 aliphatic carbocycles. The minimum atomic E-state index is -0.985. The molecule has 2 aliphatic heterocycles. The zero-order valence-corrected chi connectivity index (χ0v) is 17.7. The van der Waals surface area contributed by atoms with Crippen LogP contribution in [0.1, 0.15) is 40.5 Å². The zero-order chi connectivity index (χ0) is 20.4. The molecule has 3 N–H and O–H groups in total. The molecule has 156 valence electrons. The van der Waals surface area contributed by atoms with Crippen LogP contribution in [0.2, 0.25) is 0 Å². The lowest BCUT2D eigenvalue weighted by molar-refractivity contribution is -0.118. The van der Waals surface area contributed by atoms with E-state index < -0.39 is 11.9 Å². The van der Waals surface area contributed by atoms with Crippen molar-refractivity contribution >= 4 is 34.0 Å². The number of hydrogen-bond acceptors (Lipinski definition) is 6. The zero-order valence-electron chi connectivity index (χ0n) is 16.1. The summed E-state index contributed by atoms with van der Waals surface area (Å²) >= 11 is 3.34. The molecule has 1 saturated heterocycles. The van der Waals surface area contributed by atoms with Crippen molar-refractivity contribution in [2.24, 2.45) is 0 Å². The second kappa shape index (κ2) is 9.14. The first-order valence-corrected chi connectivity index (χ1v) is 11.8. The summed E-state index contributed by atoms with van der Waals surface area (Å²) in [4.78, 5) is 15.8. The van der Waals surface area contributed by atoms with Crippen LogP contribution in [0.5, 0.6) is 0 Å². The molecule has 1 amide bonds. The van der Waals surface area contributed by atoms with Gasteiger partial charge in [0, 0.05) is 22.7 Å². The molecule has 0 spiro atoms. The Morgan fingerprint density at radius 1 is 1.41 bits per heavy atom. The van der Waals surface area contributed by atoms with Crippen molar-refractivity contribution in [3.05, 3.63) is 51.7 Å². The Morgan fingerprint density at radius 2 is 2.28 bits per heavy atom. The summed E-state index contributed by atoms with van der Waals surface area (Å²) in [5, 5.41) is 24.5. The van der Waals surface area contributed by atoms with Gasteiger partial charge in [0.15, 0.2) is 0 Å². The predicted octanol–water partition coefficient (Wildman–Crippen LogP) is 3.15. The molecule has 1 aromatic carbocycles. The molecule has 2 unspecified atom stereocenters. The third kappa shape index (κ3) is 4.83. The van der Waals surface area contributed by atoms with Crippen molar-refractivity contribution in [1.29, 1.82) is 0 Å². The normalized spacial score (nSPS) is 20.9. The molecule has 0 saturated carbocycles. The number of aliphatic hydroxyl groups is 2. The summed E-state index contributed by atoms with van der Waals surface area (Å²) in [6.07, 6.45) is 1.11. The quantitative estimate of drug-likeness (QED) is 0.672. The Balaban J connectivity index is 1.58. The number of likely N-dealkylation sites (tertiary alicyclic amines) is 1. The SMILES string of the molecule is O=C(CN1CCCC(O)C1)Nc1sc2c(c1C(O)c1cccc(F)c1)CCSC2. The number of carbonyl (C=O) groups excluding carboxylic acids is 1. The van der Waals surface area contributed by atoms with Gasteiger partial charge in [0.1, 0.15) is 16.9 Å². The molecule has 2 aromatic rings. The lowest BCUT2D eigenvalue weighted by atomic mass is 9.97. The fourth-order valence-electron chi connectivity index (χ4n) is 4.03. The summed E-state index contributed by atoms with van der Waals surface area (Å²) in [5.74, 6) is 1.27. The Kier molecular flexibility index (Phi) is 6.56. The number of thioether (sulfide) groups is 1. The molecule has 2 atom stereocenters. The van der Waals surface area contributed by atoms with Gasteiger partial charge in [0.25, 0.3) is 0 Å². The minimum absolute atomic E-state index is 0.155. The van der Waals surface area contributed by atoms with Crippen LogP contribution in [0.15, 0.2) is 24.3 Å². The maximum Gasteiger partial charge on any atom is 0.239 e. The summed E-state index contributed by atoms with van der Waals surface area (Å²) in [6, 6.07) is 5.98. The number of nitrogens with zero attached hydrogens (tertiary/aromatic N) is 1. The number of rotatable bonds is 5. The van der Waals surface area contributed by atoms with E-state index in [1.807, 2.05) is 16.7 Å². The standard InChI is InChI=1S/C21H25FN2O3S2/c22-14-4-1-3-13(9-14)20(27)19-16-6-8-28-12-17(16)29-21(19)23-18(26)11-24-7-2-5-15(25)10-24/h1,3-4,9,15,20,25,27H,2,5-8,10-12H2,(H,23,26). The Labute approximate surface area is 177 Å². The van der Waals surface area contributed by atoms with E-state index in [1.54, 1.807) is 12.1 Å². The topological polar surface area (TPSA) is 72.8 Å². The maximum atomic E-state index is 13.7. The Bertz CT molecular complexity index is 889. The Hall–Kier alpha value is -1.45. The van der Waals surface area contributed by atoms with Crippen LogP contribution >= 0.6 is 23.1 Å². The van der Waals surface area contributed by atoms with Crippen LogP contribution in [-0.2, 0) is 17.0 Å². The molecule has 8 heteroatoms. The van der Waals surface area contributed by atoms with Gasteiger partial charge in [0.05, 0.1) is 12.6 Å². The number of β-amino-alcohol motifs (C(OH)–C–C–N with tert-alkyl or cyclic N) is 1. The smallest absolute Gasteiger partial charge is 0.239 e. The van der Waals surface area contributed by atoms with Gasteiger partial charge < -0.3 is 15.5 Å². The molecule has 4 rings (SSSR count). The van der Waals surface area contributed by atoms with E-state index in [0.29, 0.717) is 22.7 Å². The number of thiophene rings is 1. The monoisotopic (exact) mass is 436 g/mol. The van der Waals surface area contributed by atoms with Gasteiger partial charge in [-0.05, 0) is 54.8 Å². The van der Waals surface area contributed by atoms with Gasteiger partial charge in [-0.3, -0.25) is 9.69 Å². The lowest BCUT2D eigenvalue weighted by Crippen LogP contribution is -2.42. The number of anilines is 1. The van der Waals surface area contributed by atoms with Gasteiger partial charge in [0.2, 0.25) is 5.91 Å². The third-order valence-electron chi connectivity index (χ3n) is 5.40. The molecule has 1 aromatic heterocycles. The van der Waals surface area contributed by atoms with Gasteiger partial charge in [-0.2, -0.15) is 11.8 Å². The van der Waals surface area contributed by atoms with Crippen molar-refractivity contribution in [1.82, 2.24) is 4.90 Å². The van der Waals surface area contributed by atoms with Crippen molar-refractivity contribution in [2.75, 3.05) is 30.7 Å². The van der Waals surface area contributed by atoms with Crippen LogP contribution < -0.4 is 5.32 Å². The second-order valence-electron chi connectivity index (χ2n) is 7.59. The fraction of sp³-hybridized carbons (Fsp3) is 0.476. The van der Waals surface area contributed by atoms with Crippen molar-refractivity contribution in [3.8, 4) is 0 Å². The molecule has 3 heterocycles. The van der Waals surface area contributed by atoms with Crippen LogP contribution in [0.25, 0.3) is 0 Å². The maximum absolute atomic E-state index is 13.7. The lowest BCUT2D eigenvalue weighted by Gasteiger charge is -2.29. The second-order valence-corrected chi connectivity index (χ2v) is 9.80. The predicted molar refractivity (Wildman–Crippen MR) is 115 cm³/mol. The van der Waals surface area contributed by atoms with E-state index >= 15 is 0 Å². The largest absolute Gasteiger partial charge is 0.392 e. The fourth-order valence-corrected chi connectivity index (χ4v) is 6.46. The van der Waals surface area contributed by atoms with E-state index in [2.05, 4.69) is 5.32 Å². The van der Waals surface area contributed by atoms with Crippen LogP contribution in [-0.4, -0.2) is 52.5 Å². The summed E-state index contributed by atoms with van der Waals surface area (Å²) < 4.78 is 13.7. The van der Waals surface area contributed by atoms with E-state index in [4.69, 9.17) is 0 Å². The average molecular weight is 437 g/mol. The number of piperidine rings is 1. The molecule has 0 radical (unpaired) electrons. The highest BCUT2D eigenvalue weighted by atomic mass is 32.2. The molecule has 2 aliphatic rings. The van der Waals surface area contributed by atoms with E-state index in [0.717, 1.165) is 47.8 Å². The molecule has 5 nitrogen and oxygen atoms in total. The van der Waals surface area contributed by atoms with Crippen molar-refractivity contribution in [3.63, 3.8) is 0 Å². The first-order chi connectivity index (χ1) is 14.0. The summed E-state index contributed by atoms with van der Waals surface area (Å²) in [6.45, 7) is 1.51. The van der Waals surface area contributed by atoms with Crippen LogP contribution in [0.4, 0.5) is 9.39 Å². The molecule has 0 bridgehead atoms. The number of amides is 1. The highest BCUT2D eigenvalue weighted by molar-refractivity contribution is 7.98. The van der Waals surface area contributed by atoms with Crippen molar-refractivity contribution < 1.29 is 19.4 Å². The number of carbonyl (C=O) groups is 1. The minimum Gasteiger partial charge on any atom is -0.392 e. The summed E-state index contributed by atoms with van der Waals surface area (Å²) in [7, 11) is 0. The first kappa shape index (κ1) is 20.8. The summed E-state index contributed by atoms with van der Waals surface area (Å²) in [5.41, 5.74) is 2.26. The van der Waals surface area contributed by atoms with E-state index in [-0.39, 0.29) is 18.6 Å². The van der Waals surface area contributed by atoms with Crippen LogP contribution in [0.3, 0.4) is 0 Å². The van der Waals surface area contributed by atoms with E-state index in [9.17, 15) is 19.4 Å². The number of halogens is 1. The number of benzene rings is 1. The molecular formula is C21H25FN2O3S2. The first-order valence-electron chi connectivity index (χ1n) is 9.87. The van der Waals surface area contributed by atoms with Crippen molar-refractivity contribution in [2.45, 2.75) is 37.2 Å². The molecule has 1 fully saturated rings. The van der Waals surface area contributed by atoms with E-state index in [1.165, 1.54) is 23.5 Å². The third-order valence-corrected chi connectivity index (χ3v) is 7.73. The highest BCUT2D eigenvalue weighted by Crippen LogP contribution is 2.44. The number of hydrogen-bond donors (Lipinski definition) is 3. The average Bonchev–Trinajstić information content (AvgIpc) is 3.05. The Morgan fingerprint density at radius 3 is 3.07 bits per heavy atom.